The minimum Gasteiger partial charge on any atom is -0.449 e. The van der Waals surface area contributed by atoms with E-state index in [0.29, 0.717) is 17.7 Å². The molecule has 0 saturated heterocycles. The first-order valence-corrected chi connectivity index (χ1v) is 10.9. The maximum absolute atomic E-state index is 12.4. The van der Waals surface area contributed by atoms with E-state index in [1.165, 1.54) is 37.5 Å². The maximum Gasteiger partial charge on any atom is 0.338 e. The highest BCUT2D eigenvalue weighted by Gasteiger charge is 2.22. The highest BCUT2D eigenvalue weighted by Crippen LogP contribution is 2.21. The summed E-state index contributed by atoms with van der Waals surface area (Å²) in [7, 11) is -3.97. The molecule has 0 aliphatic heterocycles. The topological polar surface area (TPSA) is 116 Å². The molecule has 1 aromatic rings. The number of rotatable bonds is 7. The zero-order chi connectivity index (χ0) is 20.9. The van der Waals surface area contributed by atoms with Gasteiger partial charge in [0.25, 0.3) is 5.91 Å². The van der Waals surface area contributed by atoms with Gasteiger partial charge in [0.1, 0.15) is 0 Å². The number of nitrogens with two attached hydrogens (primary N) is 1. The van der Waals surface area contributed by atoms with Gasteiger partial charge in [-0.1, -0.05) is 11.6 Å². The Labute approximate surface area is 166 Å². The van der Waals surface area contributed by atoms with Crippen molar-refractivity contribution in [1.82, 2.24) is 5.32 Å². The van der Waals surface area contributed by atoms with Crippen molar-refractivity contribution in [3.8, 4) is 0 Å². The molecule has 0 unspecified atom stereocenters. The fraction of sp³-hybridized carbons (Fsp3) is 0.500. The molecule has 154 valence electrons. The van der Waals surface area contributed by atoms with Gasteiger partial charge >= 0.3 is 5.97 Å². The number of primary sulfonamides is 1. The smallest absolute Gasteiger partial charge is 0.338 e. The molecule has 8 heteroatoms. The van der Waals surface area contributed by atoms with Gasteiger partial charge in [-0.25, -0.2) is 18.4 Å². The zero-order valence-electron chi connectivity index (χ0n) is 16.6. The van der Waals surface area contributed by atoms with Gasteiger partial charge in [0.15, 0.2) is 6.10 Å². The van der Waals surface area contributed by atoms with Crippen LogP contribution in [0.4, 0.5) is 0 Å². The Morgan fingerprint density at radius 2 is 1.96 bits per heavy atom. The molecule has 0 radical (unpaired) electrons. The monoisotopic (exact) mass is 408 g/mol. The number of carbonyl (C=O) groups excluding carboxylic acids is 2. The van der Waals surface area contributed by atoms with Crippen LogP contribution in [-0.4, -0.2) is 32.9 Å². The van der Waals surface area contributed by atoms with Gasteiger partial charge < -0.3 is 10.1 Å². The number of ether oxygens (including phenoxy) is 1. The van der Waals surface area contributed by atoms with Crippen LogP contribution in [0.2, 0.25) is 0 Å². The molecule has 1 atom stereocenters. The largest absolute Gasteiger partial charge is 0.449 e. The van der Waals surface area contributed by atoms with E-state index in [-0.39, 0.29) is 16.4 Å². The lowest BCUT2D eigenvalue weighted by Crippen LogP contribution is -2.36. The molecule has 28 heavy (non-hydrogen) atoms. The van der Waals surface area contributed by atoms with Crippen molar-refractivity contribution in [2.24, 2.45) is 5.14 Å². The summed E-state index contributed by atoms with van der Waals surface area (Å²) in [6, 6.07) is 2.70. The molecule has 1 aliphatic rings. The van der Waals surface area contributed by atoms with Gasteiger partial charge in [-0.15, -0.1) is 0 Å². The third-order valence-corrected chi connectivity index (χ3v) is 5.98. The Hall–Kier alpha value is -2.19. The summed E-state index contributed by atoms with van der Waals surface area (Å²) < 4.78 is 28.6. The number of sulfonamides is 1. The number of nitrogens with one attached hydrogen (secondary N) is 1. The Morgan fingerprint density at radius 1 is 1.25 bits per heavy atom. The number of amides is 1. The molecule has 0 fully saturated rings. The predicted molar refractivity (Wildman–Crippen MR) is 106 cm³/mol. The van der Waals surface area contributed by atoms with Crippen LogP contribution < -0.4 is 10.5 Å². The molecule has 2 rings (SSSR count). The highest BCUT2D eigenvalue weighted by atomic mass is 32.2. The molecule has 1 aromatic carbocycles. The van der Waals surface area contributed by atoms with Crippen molar-refractivity contribution < 1.29 is 22.7 Å². The number of hydrogen-bond donors (Lipinski definition) is 2. The average molecular weight is 409 g/mol. The van der Waals surface area contributed by atoms with Crippen LogP contribution in [0, 0.1) is 13.8 Å². The van der Waals surface area contributed by atoms with Crippen molar-refractivity contribution in [1.29, 1.82) is 0 Å². The standard InChI is InChI=1S/C20H28N2O5S/c1-13-11-17(12-18(14(13)2)28(21,25)26)20(24)27-15(3)19(23)22-10-9-16-7-5-4-6-8-16/h7,11-12,15H,4-6,8-10H2,1-3H3,(H,22,23)(H2,21,25,26)/t15-/m0/s1. The van der Waals surface area contributed by atoms with Crippen LogP contribution in [0.3, 0.4) is 0 Å². The van der Waals surface area contributed by atoms with Crippen molar-refractivity contribution in [3.05, 3.63) is 40.5 Å². The quantitative estimate of drug-likeness (QED) is 0.531. The van der Waals surface area contributed by atoms with E-state index in [0.717, 1.165) is 19.3 Å². The summed E-state index contributed by atoms with van der Waals surface area (Å²) in [6.45, 7) is 5.26. The number of allylic oxidation sites excluding steroid dienone is 1. The molecular formula is C20H28N2O5S. The minimum absolute atomic E-state index is 0.0409. The molecule has 0 heterocycles. The molecule has 0 aromatic heterocycles. The molecule has 1 aliphatic carbocycles. The summed E-state index contributed by atoms with van der Waals surface area (Å²) in [5.74, 6) is -1.16. The van der Waals surface area contributed by atoms with Crippen LogP contribution in [0.1, 0.15) is 60.5 Å². The summed E-state index contributed by atoms with van der Waals surface area (Å²) in [5.41, 5.74) is 2.46. The number of aryl methyl sites for hydroxylation is 1. The normalized spacial score (nSPS) is 15.5. The lowest BCUT2D eigenvalue weighted by Gasteiger charge is -2.16. The van der Waals surface area contributed by atoms with E-state index < -0.39 is 22.1 Å². The number of hydrogen-bond acceptors (Lipinski definition) is 5. The van der Waals surface area contributed by atoms with Crippen LogP contribution >= 0.6 is 0 Å². The minimum atomic E-state index is -3.97. The van der Waals surface area contributed by atoms with E-state index in [1.807, 2.05) is 0 Å². The first-order valence-electron chi connectivity index (χ1n) is 9.40. The van der Waals surface area contributed by atoms with Gasteiger partial charge in [0.2, 0.25) is 10.0 Å². The summed E-state index contributed by atoms with van der Waals surface area (Å²) >= 11 is 0. The van der Waals surface area contributed by atoms with Crippen LogP contribution in [0.25, 0.3) is 0 Å². The molecule has 0 spiro atoms. The SMILES string of the molecule is Cc1cc(C(=O)O[C@@H](C)C(=O)NCCC2=CCCCC2)cc(S(N)(=O)=O)c1C. The fourth-order valence-corrected chi connectivity index (χ4v) is 4.02. The maximum atomic E-state index is 12.4. The lowest BCUT2D eigenvalue weighted by atomic mass is 9.97. The number of benzene rings is 1. The summed E-state index contributed by atoms with van der Waals surface area (Å²) in [5, 5.41) is 7.98. The molecular weight excluding hydrogens is 380 g/mol. The number of carbonyl (C=O) groups is 2. The molecule has 3 N–H and O–H groups in total. The molecule has 1 amide bonds. The fourth-order valence-electron chi connectivity index (χ4n) is 3.14. The third kappa shape index (κ3) is 5.90. The van der Waals surface area contributed by atoms with E-state index >= 15 is 0 Å². The first-order chi connectivity index (χ1) is 13.1. The van der Waals surface area contributed by atoms with E-state index in [4.69, 9.17) is 9.88 Å². The van der Waals surface area contributed by atoms with Crippen molar-refractivity contribution >= 4 is 21.9 Å². The second-order valence-electron chi connectivity index (χ2n) is 7.16. The Morgan fingerprint density at radius 3 is 2.57 bits per heavy atom. The van der Waals surface area contributed by atoms with E-state index in [2.05, 4.69) is 11.4 Å². The average Bonchev–Trinajstić information content (AvgIpc) is 2.63. The Bertz CT molecular complexity index is 890. The van der Waals surface area contributed by atoms with Crippen molar-refractivity contribution in [2.45, 2.75) is 63.9 Å². The highest BCUT2D eigenvalue weighted by molar-refractivity contribution is 7.89. The van der Waals surface area contributed by atoms with Crippen LogP contribution in [0.15, 0.2) is 28.7 Å². The predicted octanol–water partition coefficient (Wildman–Crippen LogP) is 2.50. The van der Waals surface area contributed by atoms with Crippen LogP contribution in [0.5, 0.6) is 0 Å². The van der Waals surface area contributed by atoms with Crippen LogP contribution in [-0.2, 0) is 19.6 Å². The van der Waals surface area contributed by atoms with E-state index in [9.17, 15) is 18.0 Å². The van der Waals surface area contributed by atoms with Gasteiger partial charge in [-0.3, -0.25) is 4.79 Å². The lowest BCUT2D eigenvalue weighted by molar-refractivity contribution is -0.129. The second kappa shape index (κ2) is 9.34. The molecule has 0 saturated carbocycles. The summed E-state index contributed by atoms with van der Waals surface area (Å²) in [4.78, 5) is 24.4. The summed E-state index contributed by atoms with van der Waals surface area (Å²) in [6.07, 6.45) is 6.59. The molecule has 0 bridgehead atoms. The van der Waals surface area contributed by atoms with Gasteiger partial charge in [0, 0.05) is 6.54 Å². The molecule has 7 nitrogen and oxygen atoms in total. The van der Waals surface area contributed by atoms with Crippen molar-refractivity contribution in [3.63, 3.8) is 0 Å². The van der Waals surface area contributed by atoms with Gasteiger partial charge in [0.05, 0.1) is 10.5 Å². The Balaban J connectivity index is 1.97. The van der Waals surface area contributed by atoms with Gasteiger partial charge in [-0.05, 0) is 76.1 Å². The van der Waals surface area contributed by atoms with Gasteiger partial charge in [-0.2, -0.15) is 0 Å². The van der Waals surface area contributed by atoms with Crippen molar-refractivity contribution in [2.75, 3.05) is 6.54 Å². The first kappa shape index (κ1) is 22.1. The number of esters is 1. The zero-order valence-corrected chi connectivity index (χ0v) is 17.4. The third-order valence-electron chi connectivity index (χ3n) is 4.95. The Kier molecular flexibility index (Phi) is 7.37. The second-order valence-corrected chi connectivity index (χ2v) is 8.69. The van der Waals surface area contributed by atoms with E-state index in [1.54, 1.807) is 13.8 Å².